The number of rotatable bonds is 5. The number of aromatic nitrogens is 5. The first-order valence-corrected chi connectivity index (χ1v) is 7.72. The topological polar surface area (TPSA) is 99.4 Å². The Morgan fingerprint density at radius 3 is 2.79 bits per heavy atom. The van der Waals surface area contributed by atoms with Crippen LogP contribution in [-0.2, 0) is 6.54 Å². The van der Waals surface area contributed by atoms with Crippen LogP contribution in [0.2, 0.25) is 0 Å². The first-order valence-electron chi connectivity index (χ1n) is 7.72. The highest BCUT2D eigenvalue weighted by Crippen LogP contribution is 2.12. The number of nitrogens with one attached hydrogen (secondary N) is 1. The number of carbonyl (C=O) groups excluding carboxylic acids is 1. The molecule has 2 N–H and O–H groups in total. The van der Waals surface area contributed by atoms with Crippen molar-refractivity contribution in [3.63, 3.8) is 0 Å². The van der Waals surface area contributed by atoms with E-state index in [9.17, 15) is 9.90 Å². The molecule has 3 heterocycles. The third-order valence-corrected chi connectivity index (χ3v) is 3.73. The van der Waals surface area contributed by atoms with Crippen molar-refractivity contribution in [1.82, 2.24) is 29.5 Å². The Bertz CT molecular complexity index is 882. The summed E-state index contributed by atoms with van der Waals surface area (Å²) in [5.41, 5.74) is 3.54. The summed E-state index contributed by atoms with van der Waals surface area (Å²) in [6.07, 6.45) is 1.69. The average molecular weight is 328 g/mol. The summed E-state index contributed by atoms with van der Waals surface area (Å²) in [7, 11) is 0. The number of amides is 1. The van der Waals surface area contributed by atoms with Gasteiger partial charge in [0.1, 0.15) is 5.82 Å². The van der Waals surface area contributed by atoms with Crippen molar-refractivity contribution in [1.29, 1.82) is 0 Å². The Morgan fingerprint density at radius 2 is 2.12 bits per heavy atom. The van der Waals surface area contributed by atoms with E-state index in [0.29, 0.717) is 17.9 Å². The van der Waals surface area contributed by atoms with E-state index >= 15 is 0 Å². The number of nitrogens with zero attached hydrogens (tertiary/aromatic N) is 5. The van der Waals surface area contributed by atoms with Crippen molar-refractivity contribution in [2.24, 2.45) is 0 Å². The summed E-state index contributed by atoms with van der Waals surface area (Å²) in [5, 5.41) is 13.6. The second-order valence-electron chi connectivity index (χ2n) is 5.78. The number of hydrogen-bond donors (Lipinski definition) is 2. The van der Waals surface area contributed by atoms with Gasteiger partial charge in [0.15, 0.2) is 11.3 Å². The monoisotopic (exact) mass is 328 g/mol. The molecule has 8 nitrogen and oxygen atoms in total. The predicted octanol–water partition coefficient (Wildman–Crippen LogP) is 1.01. The highest BCUT2D eigenvalue weighted by atomic mass is 16.3. The molecular weight excluding hydrogens is 308 g/mol. The number of aromatic amines is 1. The minimum Gasteiger partial charge on any atom is -0.395 e. The van der Waals surface area contributed by atoms with Gasteiger partial charge in [-0.05, 0) is 26.8 Å². The van der Waals surface area contributed by atoms with Crippen molar-refractivity contribution in [2.75, 3.05) is 13.2 Å². The first-order chi connectivity index (χ1) is 11.5. The molecule has 0 aliphatic rings. The van der Waals surface area contributed by atoms with Crippen molar-refractivity contribution >= 4 is 11.6 Å². The molecule has 1 amide bonds. The molecule has 0 bridgehead atoms. The number of fused-ring (bicyclic) bond motifs is 1. The summed E-state index contributed by atoms with van der Waals surface area (Å²) in [6, 6.07) is 3.58. The van der Waals surface area contributed by atoms with Crippen LogP contribution >= 0.6 is 0 Å². The fraction of sp³-hybridized carbons (Fsp3) is 0.375. The Morgan fingerprint density at radius 1 is 1.33 bits per heavy atom. The summed E-state index contributed by atoms with van der Waals surface area (Å²) in [4.78, 5) is 25.9. The lowest BCUT2D eigenvalue weighted by molar-refractivity contribution is 0.0699. The zero-order chi connectivity index (χ0) is 17.3. The van der Waals surface area contributed by atoms with Crippen LogP contribution < -0.4 is 0 Å². The summed E-state index contributed by atoms with van der Waals surface area (Å²) in [6.45, 7) is 6.10. The van der Waals surface area contributed by atoms with E-state index < -0.39 is 0 Å². The molecular formula is C16H20N6O2. The third kappa shape index (κ3) is 3.13. The molecule has 0 atom stereocenters. The second kappa shape index (κ2) is 6.40. The molecule has 8 heteroatoms. The Kier molecular flexibility index (Phi) is 4.30. The molecule has 3 rings (SSSR count). The van der Waals surface area contributed by atoms with Gasteiger partial charge in [0.25, 0.3) is 5.91 Å². The van der Waals surface area contributed by atoms with Crippen LogP contribution in [0.3, 0.4) is 0 Å². The van der Waals surface area contributed by atoms with Crippen LogP contribution in [0.5, 0.6) is 0 Å². The number of aliphatic hydroxyl groups excluding tert-OH is 1. The molecule has 0 fully saturated rings. The van der Waals surface area contributed by atoms with Crippen molar-refractivity contribution in [2.45, 2.75) is 27.3 Å². The van der Waals surface area contributed by atoms with Crippen LogP contribution in [0, 0.1) is 20.8 Å². The maximum absolute atomic E-state index is 12.8. The van der Waals surface area contributed by atoms with E-state index in [1.165, 1.54) is 4.90 Å². The Labute approximate surface area is 139 Å². The molecule has 0 saturated heterocycles. The quantitative estimate of drug-likeness (QED) is 0.728. The van der Waals surface area contributed by atoms with Gasteiger partial charge in [-0.15, -0.1) is 0 Å². The predicted molar refractivity (Wildman–Crippen MR) is 87.6 cm³/mol. The van der Waals surface area contributed by atoms with Crippen molar-refractivity contribution in [3.8, 4) is 0 Å². The van der Waals surface area contributed by atoms with Crippen molar-refractivity contribution < 1.29 is 9.90 Å². The fourth-order valence-electron chi connectivity index (χ4n) is 2.68. The number of carbonyl (C=O) groups is 1. The van der Waals surface area contributed by atoms with Gasteiger partial charge in [0.05, 0.1) is 25.0 Å². The highest BCUT2D eigenvalue weighted by Gasteiger charge is 2.20. The minimum atomic E-state index is -0.251. The number of hydrogen-bond acceptors (Lipinski definition) is 5. The zero-order valence-corrected chi connectivity index (χ0v) is 13.9. The van der Waals surface area contributed by atoms with Crippen molar-refractivity contribution in [3.05, 3.63) is 46.9 Å². The van der Waals surface area contributed by atoms with E-state index in [1.807, 2.05) is 26.8 Å². The van der Waals surface area contributed by atoms with Gasteiger partial charge >= 0.3 is 0 Å². The van der Waals surface area contributed by atoms with Crippen LogP contribution in [0.25, 0.3) is 5.65 Å². The summed E-state index contributed by atoms with van der Waals surface area (Å²) in [5.74, 6) is 0.531. The highest BCUT2D eigenvalue weighted by molar-refractivity contribution is 5.93. The lowest BCUT2D eigenvalue weighted by Gasteiger charge is -2.19. The summed E-state index contributed by atoms with van der Waals surface area (Å²) >= 11 is 0. The number of imidazole rings is 1. The molecule has 0 radical (unpaired) electrons. The average Bonchev–Trinajstić information content (AvgIpc) is 3.12. The smallest absolute Gasteiger partial charge is 0.274 e. The molecule has 0 aliphatic carbocycles. The van der Waals surface area contributed by atoms with Crippen LogP contribution in [-0.4, -0.2) is 53.6 Å². The van der Waals surface area contributed by atoms with E-state index in [4.69, 9.17) is 0 Å². The molecule has 3 aromatic rings. The fourth-order valence-corrected chi connectivity index (χ4v) is 2.68. The zero-order valence-electron chi connectivity index (χ0n) is 13.9. The third-order valence-electron chi connectivity index (χ3n) is 3.73. The minimum absolute atomic E-state index is 0.122. The van der Waals surface area contributed by atoms with Gasteiger partial charge < -0.3 is 15.0 Å². The van der Waals surface area contributed by atoms with Gasteiger partial charge in [0.2, 0.25) is 0 Å². The van der Waals surface area contributed by atoms with Crippen LogP contribution in [0.4, 0.5) is 0 Å². The second-order valence-corrected chi connectivity index (χ2v) is 5.78. The lowest BCUT2D eigenvalue weighted by atomic mass is 10.3. The molecule has 0 spiro atoms. The molecule has 3 aromatic heterocycles. The number of aryl methyl sites for hydroxylation is 3. The van der Waals surface area contributed by atoms with E-state index in [0.717, 1.165) is 22.9 Å². The molecule has 0 aromatic carbocycles. The number of H-pyrrole nitrogens is 1. The van der Waals surface area contributed by atoms with Gasteiger partial charge in [0, 0.05) is 24.0 Å². The maximum Gasteiger partial charge on any atom is 0.274 e. The SMILES string of the molecule is Cc1cc(C)n2nc(C(=O)N(CCO)Cc3cnc(C)[nH]3)cc2n1. The number of aliphatic hydroxyl groups is 1. The van der Waals surface area contributed by atoms with Gasteiger partial charge in [-0.25, -0.2) is 14.5 Å². The Hall–Kier alpha value is -2.74. The van der Waals surface area contributed by atoms with E-state index in [2.05, 4.69) is 20.1 Å². The van der Waals surface area contributed by atoms with E-state index in [-0.39, 0.29) is 19.1 Å². The van der Waals surface area contributed by atoms with Crippen LogP contribution in [0.15, 0.2) is 18.3 Å². The largest absolute Gasteiger partial charge is 0.395 e. The molecule has 0 unspecified atom stereocenters. The molecule has 0 saturated carbocycles. The Balaban J connectivity index is 1.90. The molecule has 126 valence electrons. The van der Waals surface area contributed by atoms with Gasteiger partial charge in [-0.2, -0.15) is 5.10 Å². The molecule has 0 aliphatic heterocycles. The van der Waals surface area contributed by atoms with E-state index in [1.54, 1.807) is 16.8 Å². The maximum atomic E-state index is 12.8. The summed E-state index contributed by atoms with van der Waals surface area (Å²) < 4.78 is 1.65. The lowest BCUT2D eigenvalue weighted by Crippen LogP contribution is -2.33. The van der Waals surface area contributed by atoms with Crippen LogP contribution in [0.1, 0.15) is 33.4 Å². The normalized spacial score (nSPS) is 11.2. The van der Waals surface area contributed by atoms with Gasteiger partial charge in [-0.1, -0.05) is 0 Å². The molecule has 24 heavy (non-hydrogen) atoms. The van der Waals surface area contributed by atoms with Gasteiger partial charge in [-0.3, -0.25) is 4.79 Å². The first kappa shape index (κ1) is 16.1. The standard InChI is InChI=1S/C16H20N6O2/c1-10-6-11(2)22-15(18-10)7-14(20-22)16(24)21(4-5-23)9-13-8-17-12(3)19-13/h6-8,23H,4-5,9H2,1-3H3,(H,17,19).